The second kappa shape index (κ2) is 11.1. The molecule has 2 aromatic rings. The van der Waals surface area contributed by atoms with E-state index in [1.54, 1.807) is 12.1 Å². The zero-order valence-corrected chi connectivity index (χ0v) is 19.7. The Balaban J connectivity index is 0.000000283. The molecule has 0 aliphatic rings. The van der Waals surface area contributed by atoms with Crippen molar-refractivity contribution < 1.29 is 28.9 Å². The van der Waals surface area contributed by atoms with E-state index in [0.29, 0.717) is 32.9 Å². The highest BCUT2D eigenvalue weighted by molar-refractivity contribution is 14.1. The van der Waals surface area contributed by atoms with Crippen molar-refractivity contribution in [1.82, 2.24) is 0 Å². The number of halogens is 2. The molecule has 0 aliphatic carbocycles. The largest absolute Gasteiger partial charge is 0.507 e. The Kier molecular flexibility index (Phi) is 9.58. The highest BCUT2D eigenvalue weighted by Gasteiger charge is 2.13. The molecule has 5 N–H and O–H groups in total. The SMILES string of the molecule is CCOc1cc(C(=O)OC)cc(N)c1I.COC(=O)c1cc(N)c(I)c(O)c1. The summed E-state index contributed by atoms with van der Waals surface area (Å²) in [6.45, 7) is 2.40. The topological polar surface area (TPSA) is 134 Å². The van der Waals surface area contributed by atoms with E-state index in [1.807, 2.05) is 29.5 Å². The summed E-state index contributed by atoms with van der Waals surface area (Å²) in [6.07, 6.45) is 0. The summed E-state index contributed by atoms with van der Waals surface area (Å²) in [5, 5.41) is 9.33. The van der Waals surface area contributed by atoms with Crippen LogP contribution in [-0.4, -0.2) is 37.9 Å². The lowest BCUT2D eigenvalue weighted by molar-refractivity contribution is 0.0591. The normalized spacial score (nSPS) is 9.75. The molecule has 0 spiro atoms. The molecule has 0 radical (unpaired) electrons. The molecular formula is C18H20I2N2O6. The van der Waals surface area contributed by atoms with Crippen LogP contribution in [0.2, 0.25) is 0 Å². The van der Waals surface area contributed by atoms with E-state index in [1.165, 1.54) is 26.4 Å². The van der Waals surface area contributed by atoms with Crippen LogP contribution >= 0.6 is 45.2 Å². The van der Waals surface area contributed by atoms with Crippen molar-refractivity contribution in [1.29, 1.82) is 0 Å². The number of benzene rings is 2. The number of methoxy groups -OCH3 is 2. The molecule has 0 bridgehead atoms. The van der Waals surface area contributed by atoms with Crippen LogP contribution in [0.25, 0.3) is 0 Å². The number of hydrogen-bond acceptors (Lipinski definition) is 8. The van der Waals surface area contributed by atoms with E-state index in [-0.39, 0.29) is 11.3 Å². The Morgan fingerprint density at radius 1 is 0.929 bits per heavy atom. The fourth-order valence-corrected chi connectivity index (χ4v) is 2.76. The zero-order valence-electron chi connectivity index (χ0n) is 15.4. The number of esters is 2. The van der Waals surface area contributed by atoms with Gasteiger partial charge in [-0.05, 0) is 76.4 Å². The van der Waals surface area contributed by atoms with E-state index in [0.717, 1.165) is 3.57 Å². The Morgan fingerprint density at radius 2 is 1.39 bits per heavy atom. The number of carbonyl (C=O) groups is 2. The van der Waals surface area contributed by atoms with Crippen molar-refractivity contribution in [2.45, 2.75) is 6.92 Å². The average molecular weight is 614 g/mol. The molecule has 0 unspecified atom stereocenters. The van der Waals surface area contributed by atoms with Crippen LogP contribution in [0, 0.1) is 7.14 Å². The van der Waals surface area contributed by atoms with Crippen molar-refractivity contribution in [2.24, 2.45) is 0 Å². The van der Waals surface area contributed by atoms with E-state index in [2.05, 4.69) is 32.1 Å². The van der Waals surface area contributed by atoms with Gasteiger partial charge in [-0.25, -0.2) is 9.59 Å². The average Bonchev–Trinajstić information content (AvgIpc) is 2.68. The molecule has 0 aromatic heterocycles. The molecule has 152 valence electrons. The molecule has 0 aliphatic heterocycles. The molecule has 8 nitrogen and oxygen atoms in total. The molecule has 0 atom stereocenters. The number of anilines is 2. The first-order chi connectivity index (χ1) is 13.2. The van der Waals surface area contributed by atoms with E-state index in [4.69, 9.17) is 16.2 Å². The van der Waals surface area contributed by atoms with Gasteiger partial charge in [0.1, 0.15) is 11.5 Å². The highest BCUT2D eigenvalue weighted by Crippen LogP contribution is 2.29. The van der Waals surface area contributed by atoms with Gasteiger partial charge in [0.25, 0.3) is 0 Å². The van der Waals surface area contributed by atoms with Crippen molar-refractivity contribution >= 4 is 68.5 Å². The van der Waals surface area contributed by atoms with Crippen LogP contribution in [0.5, 0.6) is 11.5 Å². The van der Waals surface area contributed by atoms with Crippen LogP contribution in [0.4, 0.5) is 11.4 Å². The van der Waals surface area contributed by atoms with Gasteiger partial charge in [-0.1, -0.05) is 0 Å². The Labute approximate surface area is 189 Å². The smallest absolute Gasteiger partial charge is 0.338 e. The maximum atomic E-state index is 11.3. The second-order valence-corrected chi connectivity index (χ2v) is 7.35. The third-order valence-electron chi connectivity index (χ3n) is 3.29. The summed E-state index contributed by atoms with van der Waals surface area (Å²) in [5.41, 5.74) is 12.8. The molecule has 0 amide bonds. The minimum atomic E-state index is -0.515. The first-order valence-electron chi connectivity index (χ1n) is 7.82. The first kappa shape index (κ1) is 24.1. The van der Waals surface area contributed by atoms with Crippen LogP contribution in [-0.2, 0) is 9.47 Å². The van der Waals surface area contributed by atoms with Gasteiger partial charge >= 0.3 is 11.9 Å². The Morgan fingerprint density at radius 3 is 1.82 bits per heavy atom. The van der Waals surface area contributed by atoms with Crippen LogP contribution < -0.4 is 16.2 Å². The molecule has 2 rings (SSSR count). The minimum Gasteiger partial charge on any atom is -0.507 e. The zero-order chi connectivity index (χ0) is 21.4. The van der Waals surface area contributed by atoms with Gasteiger partial charge < -0.3 is 30.8 Å². The standard InChI is InChI=1S/C10H12INO3.C8H8INO3/c1-3-15-8-5-6(10(13)14-2)4-7(12)9(8)11;1-13-8(12)4-2-5(10)7(9)6(11)3-4/h4-5H,3,12H2,1-2H3;2-3,11H,10H2,1H3. The lowest BCUT2D eigenvalue weighted by atomic mass is 10.2. The quantitative estimate of drug-likeness (QED) is 0.271. The first-order valence-corrected chi connectivity index (χ1v) is 9.98. The van der Waals surface area contributed by atoms with Gasteiger partial charge in [0.05, 0.1) is 39.1 Å². The van der Waals surface area contributed by atoms with E-state index < -0.39 is 11.9 Å². The molecular weight excluding hydrogens is 594 g/mol. The van der Waals surface area contributed by atoms with Gasteiger partial charge in [0, 0.05) is 11.4 Å². The number of nitrogens with two attached hydrogens (primary N) is 2. The van der Waals surface area contributed by atoms with Gasteiger partial charge in [-0.3, -0.25) is 0 Å². The van der Waals surface area contributed by atoms with Gasteiger partial charge in [0.2, 0.25) is 0 Å². The number of hydrogen-bond donors (Lipinski definition) is 3. The van der Waals surface area contributed by atoms with Gasteiger partial charge in [-0.2, -0.15) is 0 Å². The molecule has 0 saturated carbocycles. The summed E-state index contributed by atoms with van der Waals surface area (Å²) < 4.78 is 15.8. The number of rotatable bonds is 4. The third-order valence-corrected chi connectivity index (χ3v) is 5.62. The summed E-state index contributed by atoms with van der Waals surface area (Å²) in [4.78, 5) is 22.3. The predicted octanol–water partition coefficient (Wildman–Crippen LogP) is 3.42. The molecule has 0 fully saturated rings. The number of phenols is 1. The molecule has 2 aromatic carbocycles. The summed E-state index contributed by atoms with van der Waals surface area (Å²) in [6, 6.07) is 6.00. The summed E-state index contributed by atoms with van der Waals surface area (Å²) in [7, 11) is 2.60. The van der Waals surface area contributed by atoms with Crippen molar-refractivity contribution in [2.75, 3.05) is 32.3 Å². The number of phenolic OH excluding ortho intramolecular Hbond substituents is 1. The molecule has 28 heavy (non-hydrogen) atoms. The van der Waals surface area contributed by atoms with Crippen molar-refractivity contribution in [3.05, 3.63) is 42.5 Å². The van der Waals surface area contributed by atoms with Crippen LogP contribution in [0.1, 0.15) is 27.6 Å². The van der Waals surface area contributed by atoms with Gasteiger partial charge in [-0.15, -0.1) is 0 Å². The number of carbonyl (C=O) groups excluding carboxylic acids is 2. The van der Waals surface area contributed by atoms with Crippen molar-refractivity contribution in [3.63, 3.8) is 0 Å². The summed E-state index contributed by atoms with van der Waals surface area (Å²) in [5.74, 6) is -0.336. The Hall–Kier alpha value is -1.96. The lowest BCUT2D eigenvalue weighted by Gasteiger charge is -2.10. The third kappa shape index (κ3) is 6.29. The maximum absolute atomic E-state index is 11.3. The summed E-state index contributed by atoms with van der Waals surface area (Å²) >= 11 is 3.97. The fourth-order valence-electron chi connectivity index (χ4n) is 1.98. The van der Waals surface area contributed by atoms with Crippen LogP contribution in [0.15, 0.2) is 24.3 Å². The van der Waals surface area contributed by atoms with E-state index >= 15 is 0 Å². The predicted molar refractivity (Wildman–Crippen MR) is 123 cm³/mol. The Bertz CT molecular complexity index is 850. The maximum Gasteiger partial charge on any atom is 0.338 e. The number of ether oxygens (including phenoxy) is 3. The number of aromatic hydroxyl groups is 1. The fraction of sp³-hybridized carbons (Fsp3) is 0.222. The van der Waals surface area contributed by atoms with Gasteiger partial charge in [0.15, 0.2) is 0 Å². The molecule has 0 saturated heterocycles. The lowest BCUT2D eigenvalue weighted by Crippen LogP contribution is -2.05. The minimum absolute atomic E-state index is 0.0130. The molecule has 0 heterocycles. The van der Waals surface area contributed by atoms with E-state index in [9.17, 15) is 14.7 Å². The molecule has 10 heteroatoms. The second-order valence-electron chi connectivity index (χ2n) is 5.19. The van der Waals surface area contributed by atoms with Crippen molar-refractivity contribution in [3.8, 4) is 11.5 Å². The highest BCUT2D eigenvalue weighted by atomic mass is 127. The van der Waals surface area contributed by atoms with Crippen LogP contribution in [0.3, 0.4) is 0 Å². The number of nitrogen functional groups attached to an aromatic ring is 2. The monoisotopic (exact) mass is 614 g/mol.